The number of esters is 1. The molecule has 0 saturated heterocycles. The summed E-state index contributed by atoms with van der Waals surface area (Å²) in [7, 11) is -3.98. The van der Waals surface area contributed by atoms with E-state index in [1.165, 1.54) is 11.8 Å². The topological polar surface area (TPSA) is 101 Å². The highest BCUT2D eigenvalue weighted by Crippen LogP contribution is 2.09. The Morgan fingerprint density at radius 3 is 2.65 bits per heavy atom. The predicted octanol–water partition coefficient (Wildman–Crippen LogP) is 0.169. The van der Waals surface area contributed by atoms with Crippen molar-refractivity contribution >= 4 is 27.8 Å². The smallest absolute Gasteiger partial charge is 0.309 e. The molecule has 2 N–H and O–H groups in total. The molecule has 0 aromatic rings. The first-order chi connectivity index (χ1) is 7.87. The standard InChI is InChI=1S/C9H18O6S2/c1-8(7-16-5-3-10)9(11)15-4-2-6-17(12,13)14/h8,10H,2-7H2,1H3,(H,12,13,14). The summed E-state index contributed by atoms with van der Waals surface area (Å²) in [5.74, 6) is 0.0227. The molecule has 0 aliphatic heterocycles. The molecule has 0 saturated carbocycles. The van der Waals surface area contributed by atoms with Crippen molar-refractivity contribution in [2.75, 3.05) is 30.5 Å². The fourth-order valence-corrected chi connectivity index (χ4v) is 2.22. The summed E-state index contributed by atoms with van der Waals surface area (Å²) in [5, 5.41) is 8.55. The van der Waals surface area contributed by atoms with Crippen LogP contribution >= 0.6 is 11.8 Å². The zero-order chi connectivity index (χ0) is 13.3. The van der Waals surface area contributed by atoms with Crippen LogP contribution in [0.4, 0.5) is 0 Å². The molecule has 0 heterocycles. The average Bonchev–Trinajstić information content (AvgIpc) is 2.23. The van der Waals surface area contributed by atoms with Crippen molar-refractivity contribution in [1.29, 1.82) is 0 Å². The molecule has 0 spiro atoms. The Balaban J connectivity index is 3.64. The number of hydrogen-bond acceptors (Lipinski definition) is 6. The number of carbonyl (C=O) groups is 1. The molecule has 8 heteroatoms. The first-order valence-corrected chi connectivity index (χ1v) is 7.93. The normalized spacial score (nSPS) is 13.4. The van der Waals surface area contributed by atoms with Crippen LogP contribution in [0.5, 0.6) is 0 Å². The van der Waals surface area contributed by atoms with E-state index in [-0.39, 0.29) is 25.6 Å². The molecule has 0 aromatic carbocycles. The number of aliphatic hydroxyl groups excluding tert-OH is 1. The van der Waals surface area contributed by atoms with Gasteiger partial charge in [-0.1, -0.05) is 6.92 Å². The van der Waals surface area contributed by atoms with Gasteiger partial charge >= 0.3 is 5.97 Å². The van der Waals surface area contributed by atoms with E-state index >= 15 is 0 Å². The summed E-state index contributed by atoms with van der Waals surface area (Å²) in [6, 6.07) is 0. The number of rotatable bonds is 9. The lowest BCUT2D eigenvalue weighted by Gasteiger charge is -2.10. The van der Waals surface area contributed by atoms with E-state index in [2.05, 4.69) is 0 Å². The van der Waals surface area contributed by atoms with Crippen molar-refractivity contribution in [3.8, 4) is 0 Å². The van der Waals surface area contributed by atoms with Crippen molar-refractivity contribution in [3.63, 3.8) is 0 Å². The molecule has 0 amide bonds. The van der Waals surface area contributed by atoms with Crippen molar-refractivity contribution in [3.05, 3.63) is 0 Å². The van der Waals surface area contributed by atoms with Gasteiger partial charge in [-0.3, -0.25) is 9.35 Å². The quantitative estimate of drug-likeness (QED) is 0.354. The molecule has 0 bridgehead atoms. The fraction of sp³-hybridized carbons (Fsp3) is 0.889. The molecule has 102 valence electrons. The van der Waals surface area contributed by atoms with Gasteiger partial charge in [-0.25, -0.2) is 0 Å². The molecule has 0 rings (SSSR count). The molecule has 1 atom stereocenters. The number of aliphatic hydroxyl groups is 1. The van der Waals surface area contributed by atoms with Gasteiger partial charge in [0.1, 0.15) is 0 Å². The number of ether oxygens (including phenoxy) is 1. The lowest BCUT2D eigenvalue weighted by atomic mass is 10.2. The van der Waals surface area contributed by atoms with Crippen LogP contribution in [-0.4, -0.2) is 54.5 Å². The second kappa shape index (κ2) is 8.73. The van der Waals surface area contributed by atoms with Crippen molar-refractivity contribution < 1.29 is 27.6 Å². The molecular formula is C9H18O6S2. The number of hydrogen-bond donors (Lipinski definition) is 2. The Kier molecular flexibility index (Phi) is 8.57. The maximum atomic E-state index is 11.4. The summed E-state index contributed by atoms with van der Waals surface area (Å²) in [6.45, 7) is 1.75. The van der Waals surface area contributed by atoms with Gasteiger partial charge in [-0.15, -0.1) is 0 Å². The molecule has 0 aliphatic carbocycles. The molecule has 0 aromatic heterocycles. The number of carbonyl (C=O) groups excluding carboxylic acids is 1. The van der Waals surface area contributed by atoms with Gasteiger partial charge in [-0.2, -0.15) is 20.2 Å². The van der Waals surface area contributed by atoms with E-state index in [1.54, 1.807) is 6.92 Å². The molecule has 0 fully saturated rings. The monoisotopic (exact) mass is 286 g/mol. The summed E-state index contributed by atoms with van der Waals surface area (Å²) in [6.07, 6.45) is 0.0844. The van der Waals surface area contributed by atoms with Gasteiger partial charge < -0.3 is 9.84 Å². The third-order valence-electron chi connectivity index (χ3n) is 1.80. The van der Waals surface area contributed by atoms with E-state index in [1.807, 2.05) is 0 Å². The van der Waals surface area contributed by atoms with Gasteiger partial charge in [0, 0.05) is 11.5 Å². The lowest BCUT2D eigenvalue weighted by Crippen LogP contribution is -2.19. The molecule has 0 aliphatic rings. The summed E-state index contributed by atoms with van der Waals surface area (Å²) < 4.78 is 34.0. The Bertz CT molecular complexity index is 313. The van der Waals surface area contributed by atoms with Gasteiger partial charge in [-0.05, 0) is 6.42 Å². The Labute approximate surface area is 105 Å². The number of thioether (sulfide) groups is 1. The Morgan fingerprint density at radius 2 is 2.12 bits per heavy atom. The van der Waals surface area contributed by atoms with Crippen LogP contribution < -0.4 is 0 Å². The second-order valence-corrected chi connectivity index (χ2v) is 6.23. The maximum Gasteiger partial charge on any atom is 0.309 e. The largest absolute Gasteiger partial charge is 0.465 e. The molecule has 0 radical (unpaired) electrons. The first kappa shape index (κ1) is 16.7. The van der Waals surface area contributed by atoms with E-state index in [4.69, 9.17) is 14.4 Å². The van der Waals surface area contributed by atoms with Gasteiger partial charge in [0.2, 0.25) is 0 Å². The van der Waals surface area contributed by atoms with Crippen molar-refractivity contribution in [2.45, 2.75) is 13.3 Å². The highest BCUT2D eigenvalue weighted by Gasteiger charge is 2.14. The van der Waals surface area contributed by atoms with Crippen LogP contribution in [0.2, 0.25) is 0 Å². The molecule has 1 unspecified atom stereocenters. The van der Waals surface area contributed by atoms with Crippen LogP contribution in [0.15, 0.2) is 0 Å². The Morgan fingerprint density at radius 1 is 1.47 bits per heavy atom. The Hall–Kier alpha value is -0.310. The van der Waals surface area contributed by atoms with E-state index in [0.717, 1.165) is 0 Å². The average molecular weight is 286 g/mol. The van der Waals surface area contributed by atoms with E-state index < -0.39 is 21.8 Å². The first-order valence-electron chi connectivity index (χ1n) is 5.17. The summed E-state index contributed by atoms with van der Waals surface area (Å²) >= 11 is 1.45. The van der Waals surface area contributed by atoms with Crippen LogP contribution in [0.3, 0.4) is 0 Å². The van der Waals surface area contributed by atoms with Gasteiger partial charge in [0.25, 0.3) is 10.1 Å². The molecular weight excluding hydrogens is 268 g/mol. The summed E-state index contributed by atoms with van der Waals surface area (Å²) in [4.78, 5) is 11.4. The maximum absolute atomic E-state index is 11.4. The zero-order valence-electron chi connectivity index (χ0n) is 9.66. The minimum Gasteiger partial charge on any atom is -0.465 e. The molecule has 17 heavy (non-hydrogen) atoms. The van der Waals surface area contributed by atoms with Crippen LogP contribution in [-0.2, 0) is 19.6 Å². The van der Waals surface area contributed by atoms with Crippen LogP contribution in [0.25, 0.3) is 0 Å². The molecule has 6 nitrogen and oxygen atoms in total. The summed E-state index contributed by atoms with van der Waals surface area (Å²) in [5.41, 5.74) is 0. The highest BCUT2D eigenvalue weighted by atomic mass is 32.2. The fourth-order valence-electron chi connectivity index (χ4n) is 0.949. The van der Waals surface area contributed by atoms with Gasteiger partial charge in [0.05, 0.1) is 24.9 Å². The van der Waals surface area contributed by atoms with E-state index in [0.29, 0.717) is 11.5 Å². The van der Waals surface area contributed by atoms with Crippen molar-refractivity contribution in [1.82, 2.24) is 0 Å². The van der Waals surface area contributed by atoms with Gasteiger partial charge in [0.15, 0.2) is 0 Å². The van der Waals surface area contributed by atoms with Crippen LogP contribution in [0, 0.1) is 5.92 Å². The third kappa shape index (κ3) is 10.6. The minimum atomic E-state index is -3.98. The van der Waals surface area contributed by atoms with Crippen molar-refractivity contribution in [2.24, 2.45) is 5.92 Å². The predicted molar refractivity (Wildman–Crippen MR) is 65.6 cm³/mol. The SMILES string of the molecule is CC(CSCCO)C(=O)OCCCS(=O)(=O)O. The lowest BCUT2D eigenvalue weighted by molar-refractivity contribution is -0.147. The minimum absolute atomic E-state index is 0.0202. The third-order valence-corrected chi connectivity index (χ3v) is 3.81. The highest BCUT2D eigenvalue weighted by molar-refractivity contribution is 7.99. The van der Waals surface area contributed by atoms with Crippen LogP contribution in [0.1, 0.15) is 13.3 Å². The zero-order valence-corrected chi connectivity index (χ0v) is 11.3. The second-order valence-electron chi connectivity index (χ2n) is 3.51. The van der Waals surface area contributed by atoms with E-state index in [9.17, 15) is 13.2 Å².